The highest BCUT2D eigenvalue weighted by atomic mass is 16.5. The molecule has 0 aliphatic heterocycles. The molecule has 122 valence electrons. The number of amides is 1. The molecular weight excluding hydrogens is 306 g/mol. The number of hydrogen-bond acceptors (Lipinski definition) is 4. The number of ether oxygens (including phenoxy) is 1. The fourth-order valence-electron chi connectivity index (χ4n) is 2.45. The second-order valence-corrected chi connectivity index (χ2v) is 5.22. The molecule has 0 saturated heterocycles. The Bertz CT molecular complexity index is 898. The zero-order chi connectivity index (χ0) is 17.1. The van der Waals surface area contributed by atoms with Gasteiger partial charge in [0, 0.05) is 11.9 Å². The monoisotopic (exact) mass is 323 g/mol. The molecule has 0 bridgehead atoms. The lowest BCUT2D eigenvalue weighted by Gasteiger charge is -2.05. The van der Waals surface area contributed by atoms with Gasteiger partial charge in [0.2, 0.25) is 0 Å². The normalized spacial score (nSPS) is 10.6. The van der Waals surface area contributed by atoms with Gasteiger partial charge in [0.25, 0.3) is 5.91 Å². The van der Waals surface area contributed by atoms with E-state index in [-0.39, 0.29) is 11.9 Å². The van der Waals surface area contributed by atoms with Gasteiger partial charge in [0.1, 0.15) is 5.82 Å². The van der Waals surface area contributed by atoms with Crippen LogP contribution in [0.15, 0.2) is 48.7 Å². The molecule has 6 nitrogen and oxygen atoms in total. The number of pyridine rings is 1. The first-order chi connectivity index (χ1) is 11.6. The minimum absolute atomic E-state index is 0.296. The van der Waals surface area contributed by atoms with Crippen LogP contribution < -0.4 is 5.32 Å². The summed E-state index contributed by atoms with van der Waals surface area (Å²) < 4.78 is 6.79. The number of anilines is 1. The molecule has 6 heteroatoms. The van der Waals surface area contributed by atoms with Gasteiger partial charge in [0.15, 0.2) is 5.69 Å². The molecule has 0 aliphatic carbocycles. The van der Waals surface area contributed by atoms with Crippen LogP contribution in [0.1, 0.15) is 33.6 Å². The van der Waals surface area contributed by atoms with Gasteiger partial charge in [0.05, 0.1) is 17.7 Å². The Labute approximate surface area is 139 Å². The largest absolute Gasteiger partial charge is 0.462 e. The highest BCUT2D eigenvalue weighted by Crippen LogP contribution is 2.16. The number of carbonyl (C=O) groups excluding carboxylic acids is 2. The predicted octanol–water partition coefficient (Wildman–Crippen LogP) is 3.07. The van der Waals surface area contributed by atoms with Crippen LogP contribution in [0.4, 0.5) is 5.69 Å². The van der Waals surface area contributed by atoms with Crippen LogP contribution in [0.3, 0.4) is 0 Å². The van der Waals surface area contributed by atoms with Gasteiger partial charge in [-0.2, -0.15) is 0 Å². The number of nitrogens with one attached hydrogen (secondary N) is 1. The Balaban J connectivity index is 1.80. The molecule has 1 aromatic carbocycles. The van der Waals surface area contributed by atoms with Crippen LogP contribution >= 0.6 is 0 Å². The van der Waals surface area contributed by atoms with Gasteiger partial charge in [-0.15, -0.1) is 0 Å². The summed E-state index contributed by atoms with van der Waals surface area (Å²) in [6, 6.07) is 12.1. The highest BCUT2D eigenvalue weighted by molar-refractivity contribution is 6.07. The van der Waals surface area contributed by atoms with Crippen LogP contribution in [0.5, 0.6) is 0 Å². The molecule has 24 heavy (non-hydrogen) atoms. The van der Waals surface area contributed by atoms with E-state index in [9.17, 15) is 9.59 Å². The summed E-state index contributed by atoms with van der Waals surface area (Å²) in [5.41, 5.74) is 2.14. The van der Waals surface area contributed by atoms with Crippen LogP contribution in [-0.4, -0.2) is 27.9 Å². The topological polar surface area (TPSA) is 72.7 Å². The number of aryl methyl sites for hydroxylation is 1. The fourth-order valence-corrected chi connectivity index (χ4v) is 2.45. The van der Waals surface area contributed by atoms with E-state index in [1.165, 1.54) is 0 Å². The van der Waals surface area contributed by atoms with Gasteiger partial charge >= 0.3 is 5.97 Å². The van der Waals surface area contributed by atoms with Crippen molar-refractivity contribution in [3.05, 3.63) is 65.7 Å². The molecule has 1 amide bonds. The maximum absolute atomic E-state index is 12.5. The Kier molecular flexibility index (Phi) is 4.29. The summed E-state index contributed by atoms with van der Waals surface area (Å²) in [6.45, 7) is 3.92. The first kappa shape index (κ1) is 15.7. The molecule has 3 rings (SSSR count). The molecule has 3 aromatic rings. The molecule has 0 atom stereocenters. The minimum atomic E-state index is -0.383. The molecule has 0 spiro atoms. The second kappa shape index (κ2) is 6.54. The highest BCUT2D eigenvalue weighted by Gasteiger charge is 2.15. The Hall–Kier alpha value is -3.15. The lowest BCUT2D eigenvalue weighted by molar-refractivity contribution is 0.0526. The van der Waals surface area contributed by atoms with E-state index in [4.69, 9.17) is 4.74 Å². The van der Waals surface area contributed by atoms with Gasteiger partial charge in [-0.05, 0) is 50.2 Å². The fraction of sp³-hybridized carbons (Fsp3) is 0.167. The molecule has 2 heterocycles. The molecule has 0 aliphatic rings. The average Bonchev–Trinajstić information content (AvgIpc) is 2.93. The Morgan fingerprint density at radius 3 is 2.62 bits per heavy atom. The number of fused-ring (bicyclic) bond motifs is 1. The van der Waals surface area contributed by atoms with Crippen molar-refractivity contribution in [1.29, 1.82) is 0 Å². The van der Waals surface area contributed by atoms with E-state index in [1.807, 2.05) is 35.7 Å². The standard InChI is InChI=1S/C18H17N3O3/c1-3-24-18(23)13-7-9-14(10-8-13)20-17(22)16-15-6-4-5-11-21(15)12(2)19-16/h4-11H,3H2,1-2H3,(H,20,22). The van der Waals surface area contributed by atoms with Crippen molar-refractivity contribution < 1.29 is 14.3 Å². The van der Waals surface area contributed by atoms with Crippen molar-refractivity contribution in [1.82, 2.24) is 9.38 Å². The summed E-state index contributed by atoms with van der Waals surface area (Å²) in [4.78, 5) is 28.4. The number of rotatable bonds is 4. The average molecular weight is 323 g/mol. The maximum Gasteiger partial charge on any atom is 0.338 e. The summed E-state index contributed by atoms with van der Waals surface area (Å²) in [5, 5.41) is 2.79. The van der Waals surface area contributed by atoms with Crippen molar-refractivity contribution >= 4 is 23.1 Å². The summed E-state index contributed by atoms with van der Waals surface area (Å²) in [7, 11) is 0. The first-order valence-corrected chi connectivity index (χ1v) is 7.62. The molecule has 0 saturated carbocycles. The maximum atomic E-state index is 12.5. The number of esters is 1. The lowest BCUT2D eigenvalue weighted by atomic mass is 10.2. The van der Waals surface area contributed by atoms with Crippen LogP contribution in [-0.2, 0) is 4.74 Å². The van der Waals surface area contributed by atoms with E-state index in [2.05, 4.69) is 10.3 Å². The molecule has 1 N–H and O–H groups in total. The van der Waals surface area contributed by atoms with Crippen molar-refractivity contribution in [3.63, 3.8) is 0 Å². The molecule has 0 fully saturated rings. The van der Waals surface area contributed by atoms with E-state index in [1.54, 1.807) is 31.2 Å². The van der Waals surface area contributed by atoms with E-state index in [0.29, 0.717) is 23.6 Å². The third kappa shape index (κ3) is 2.99. The number of imidazole rings is 1. The van der Waals surface area contributed by atoms with Crippen LogP contribution in [0, 0.1) is 6.92 Å². The van der Waals surface area contributed by atoms with Crippen molar-refractivity contribution in [2.24, 2.45) is 0 Å². The smallest absolute Gasteiger partial charge is 0.338 e. The van der Waals surface area contributed by atoms with Gasteiger partial charge < -0.3 is 14.5 Å². The van der Waals surface area contributed by atoms with Crippen molar-refractivity contribution in [3.8, 4) is 0 Å². The quantitative estimate of drug-likeness (QED) is 0.749. The summed E-state index contributed by atoms with van der Waals surface area (Å²) >= 11 is 0. The number of aromatic nitrogens is 2. The van der Waals surface area contributed by atoms with Crippen LogP contribution in [0.25, 0.3) is 5.52 Å². The van der Waals surface area contributed by atoms with E-state index >= 15 is 0 Å². The van der Waals surface area contributed by atoms with Gasteiger partial charge in [-0.3, -0.25) is 4.79 Å². The third-order valence-corrected chi connectivity index (χ3v) is 3.59. The number of nitrogens with zero attached hydrogens (tertiary/aromatic N) is 2. The number of carbonyl (C=O) groups is 2. The van der Waals surface area contributed by atoms with Gasteiger partial charge in [-0.1, -0.05) is 6.07 Å². The third-order valence-electron chi connectivity index (χ3n) is 3.59. The molecule has 0 radical (unpaired) electrons. The minimum Gasteiger partial charge on any atom is -0.462 e. The Morgan fingerprint density at radius 1 is 1.17 bits per heavy atom. The predicted molar refractivity (Wildman–Crippen MR) is 90.3 cm³/mol. The summed E-state index contributed by atoms with van der Waals surface area (Å²) in [6.07, 6.45) is 1.86. The van der Waals surface area contributed by atoms with E-state index in [0.717, 1.165) is 11.3 Å². The van der Waals surface area contributed by atoms with Crippen LogP contribution in [0.2, 0.25) is 0 Å². The molecule has 0 unspecified atom stereocenters. The Morgan fingerprint density at radius 2 is 1.92 bits per heavy atom. The number of benzene rings is 1. The molecule has 2 aromatic heterocycles. The zero-order valence-electron chi connectivity index (χ0n) is 13.4. The van der Waals surface area contributed by atoms with E-state index < -0.39 is 0 Å². The number of hydrogen-bond donors (Lipinski definition) is 1. The van der Waals surface area contributed by atoms with Gasteiger partial charge in [-0.25, -0.2) is 9.78 Å². The SMILES string of the molecule is CCOC(=O)c1ccc(NC(=O)c2nc(C)n3ccccc23)cc1. The molecular formula is C18H17N3O3. The van der Waals surface area contributed by atoms with Crippen molar-refractivity contribution in [2.75, 3.05) is 11.9 Å². The summed E-state index contributed by atoms with van der Waals surface area (Å²) in [5.74, 6) is 0.0650. The lowest BCUT2D eigenvalue weighted by Crippen LogP contribution is -2.13. The second-order valence-electron chi connectivity index (χ2n) is 5.22. The zero-order valence-corrected chi connectivity index (χ0v) is 13.4. The van der Waals surface area contributed by atoms with Crippen molar-refractivity contribution in [2.45, 2.75) is 13.8 Å². The first-order valence-electron chi connectivity index (χ1n) is 7.62.